The number of hydrogen-bond donors (Lipinski definition) is 2. The van der Waals surface area contributed by atoms with Crippen molar-refractivity contribution >= 4 is 22.7 Å². The molecule has 5 heteroatoms. The lowest BCUT2D eigenvalue weighted by atomic mass is 10.0. The van der Waals surface area contributed by atoms with Gasteiger partial charge < -0.3 is 15.4 Å². The van der Waals surface area contributed by atoms with Crippen molar-refractivity contribution in [2.75, 3.05) is 10.6 Å². The molecule has 0 saturated heterocycles. The van der Waals surface area contributed by atoms with Gasteiger partial charge in [-0.05, 0) is 72.2 Å². The maximum atomic E-state index is 6.29. The van der Waals surface area contributed by atoms with Crippen molar-refractivity contribution in [3.8, 4) is 34.3 Å². The van der Waals surface area contributed by atoms with E-state index in [1.54, 1.807) is 0 Å². The number of fused-ring (bicyclic) bond motifs is 4. The van der Waals surface area contributed by atoms with E-state index < -0.39 is 0 Å². The van der Waals surface area contributed by atoms with Crippen molar-refractivity contribution in [1.82, 2.24) is 9.97 Å². The Morgan fingerprint density at radius 2 is 0.837 bits per heavy atom. The highest BCUT2D eigenvalue weighted by Crippen LogP contribution is 2.39. The predicted molar refractivity (Wildman–Crippen MR) is 174 cm³/mol. The van der Waals surface area contributed by atoms with E-state index >= 15 is 0 Å². The monoisotopic (exact) mass is 558 g/mol. The second-order valence-electron chi connectivity index (χ2n) is 11.1. The van der Waals surface area contributed by atoms with E-state index in [4.69, 9.17) is 14.7 Å². The lowest BCUT2D eigenvalue weighted by Crippen LogP contribution is -1.99. The SMILES string of the molecule is c1cc(Oc2cccc(-c3cccc4c3Nc3ccccc3CC4)n2)nc(-c2cccc3c2Nc2ccccc2CC3)c1. The zero-order chi connectivity index (χ0) is 28.6. The average molecular weight is 559 g/mol. The van der Waals surface area contributed by atoms with Crippen LogP contribution in [0, 0.1) is 0 Å². The topological polar surface area (TPSA) is 59.1 Å². The van der Waals surface area contributed by atoms with Crippen LogP contribution >= 0.6 is 0 Å². The van der Waals surface area contributed by atoms with Crippen LogP contribution in [0.1, 0.15) is 22.3 Å². The van der Waals surface area contributed by atoms with Crippen molar-refractivity contribution in [1.29, 1.82) is 0 Å². The normalized spacial score (nSPS) is 13.1. The molecule has 2 aliphatic heterocycles. The van der Waals surface area contributed by atoms with E-state index in [9.17, 15) is 0 Å². The largest absolute Gasteiger partial charge is 0.421 e. The number of nitrogens with one attached hydrogen (secondary N) is 2. The van der Waals surface area contributed by atoms with Crippen LogP contribution in [-0.2, 0) is 25.7 Å². The van der Waals surface area contributed by atoms with Gasteiger partial charge in [0, 0.05) is 34.6 Å². The number of hydrogen-bond acceptors (Lipinski definition) is 5. The van der Waals surface area contributed by atoms with Crippen LogP contribution in [0.3, 0.4) is 0 Å². The Morgan fingerprint density at radius 3 is 1.35 bits per heavy atom. The van der Waals surface area contributed by atoms with E-state index in [0.29, 0.717) is 11.8 Å². The molecule has 208 valence electrons. The number of benzene rings is 4. The highest BCUT2D eigenvalue weighted by Gasteiger charge is 2.19. The quantitative estimate of drug-likeness (QED) is 0.226. The van der Waals surface area contributed by atoms with Gasteiger partial charge in [0.25, 0.3) is 0 Å². The van der Waals surface area contributed by atoms with Crippen molar-refractivity contribution in [3.05, 3.63) is 144 Å². The number of aryl methyl sites for hydroxylation is 4. The number of para-hydroxylation sites is 4. The number of rotatable bonds is 4. The summed E-state index contributed by atoms with van der Waals surface area (Å²) in [5, 5.41) is 7.40. The predicted octanol–water partition coefficient (Wildman–Crippen LogP) is 9.29. The molecular formula is C38H30N4O. The molecule has 0 bridgehead atoms. The van der Waals surface area contributed by atoms with Gasteiger partial charge in [0.2, 0.25) is 11.8 Å². The summed E-state index contributed by atoms with van der Waals surface area (Å²) in [4.78, 5) is 9.86. The maximum Gasteiger partial charge on any atom is 0.221 e. The summed E-state index contributed by atoms with van der Waals surface area (Å²) in [5.74, 6) is 1.01. The van der Waals surface area contributed by atoms with Gasteiger partial charge >= 0.3 is 0 Å². The Labute approximate surface area is 251 Å². The molecule has 43 heavy (non-hydrogen) atoms. The Kier molecular flexibility index (Phi) is 6.34. The zero-order valence-corrected chi connectivity index (χ0v) is 23.7. The summed E-state index contributed by atoms with van der Waals surface area (Å²) >= 11 is 0. The second-order valence-corrected chi connectivity index (χ2v) is 11.1. The molecule has 4 heterocycles. The van der Waals surface area contributed by atoms with E-state index in [0.717, 1.165) is 70.9 Å². The minimum Gasteiger partial charge on any atom is -0.421 e. The Morgan fingerprint density at radius 1 is 0.419 bits per heavy atom. The summed E-state index contributed by atoms with van der Waals surface area (Å²) in [7, 11) is 0. The van der Waals surface area contributed by atoms with Crippen LogP contribution in [0.25, 0.3) is 22.5 Å². The molecule has 0 radical (unpaired) electrons. The first kappa shape index (κ1) is 25.3. The third-order valence-corrected chi connectivity index (χ3v) is 8.39. The Bertz CT molecular complexity index is 1840. The number of anilines is 4. The van der Waals surface area contributed by atoms with Crippen LogP contribution in [0.5, 0.6) is 11.8 Å². The van der Waals surface area contributed by atoms with Gasteiger partial charge in [0.15, 0.2) is 0 Å². The molecule has 4 aromatic carbocycles. The van der Waals surface area contributed by atoms with Crippen LogP contribution in [0.2, 0.25) is 0 Å². The summed E-state index contributed by atoms with van der Waals surface area (Å²) in [6.07, 6.45) is 3.96. The molecule has 8 rings (SSSR count). The van der Waals surface area contributed by atoms with Gasteiger partial charge in [0.1, 0.15) is 0 Å². The van der Waals surface area contributed by atoms with Crippen molar-refractivity contribution in [3.63, 3.8) is 0 Å². The van der Waals surface area contributed by atoms with Crippen LogP contribution in [0.15, 0.2) is 121 Å². The minimum atomic E-state index is 0.507. The van der Waals surface area contributed by atoms with Crippen molar-refractivity contribution < 1.29 is 4.74 Å². The maximum absolute atomic E-state index is 6.29. The lowest BCUT2D eigenvalue weighted by Gasteiger charge is -2.16. The molecule has 0 saturated carbocycles. The Hall–Kier alpha value is -5.42. The number of ether oxygens (including phenoxy) is 1. The molecule has 0 atom stereocenters. The molecule has 0 fully saturated rings. The zero-order valence-electron chi connectivity index (χ0n) is 23.7. The van der Waals surface area contributed by atoms with Crippen LogP contribution in [0.4, 0.5) is 22.7 Å². The minimum absolute atomic E-state index is 0.507. The van der Waals surface area contributed by atoms with Gasteiger partial charge in [-0.1, -0.05) is 84.9 Å². The standard InChI is InChI=1S/C38H30N4O/c1-3-15-31-25(9-1)21-23-27-11-5-13-29(37(27)41-31)33-17-7-19-35(39-33)43-36-20-8-18-34(40-36)30-14-6-12-28-24-22-26-10-2-4-16-32(26)42-38(28)30/h1-20,41-42H,21-24H2. The Balaban J connectivity index is 1.10. The van der Waals surface area contributed by atoms with Crippen molar-refractivity contribution in [2.24, 2.45) is 0 Å². The van der Waals surface area contributed by atoms with E-state index in [-0.39, 0.29) is 0 Å². The molecule has 0 amide bonds. The number of nitrogens with zero attached hydrogens (tertiary/aromatic N) is 2. The van der Waals surface area contributed by atoms with Crippen molar-refractivity contribution in [2.45, 2.75) is 25.7 Å². The fraction of sp³-hybridized carbons (Fsp3) is 0.105. The van der Waals surface area contributed by atoms with E-state index in [1.165, 1.54) is 22.3 Å². The van der Waals surface area contributed by atoms with Gasteiger partial charge in [-0.2, -0.15) is 0 Å². The molecule has 0 spiro atoms. The third-order valence-electron chi connectivity index (χ3n) is 8.39. The molecule has 0 unspecified atom stereocenters. The number of aromatic nitrogens is 2. The molecule has 2 aromatic heterocycles. The summed E-state index contributed by atoms with van der Waals surface area (Å²) in [5.41, 5.74) is 13.6. The van der Waals surface area contributed by atoms with Gasteiger partial charge in [-0.25, -0.2) is 9.97 Å². The molecule has 5 nitrogen and oxygen atoms in total. The first-order chi connectivity index (χ1) is 21.3. The fourth-order valence-electron chi connectivity index (χ4n) is 6.22. The van der Waals surface area contributed by atoms with Crippen LogP contribution in [-0.4, -0.2) is 9.97 Å². The first-order valence-corrected chi connectivity index (χ1v) is 14.8. The summed E-state index contributed by atoms with van der Waals surface area (Å²) < 4.78 is 6.29. The van der Waals surface area contributed by atoms with Gasteiger partial charge in [0.05, 0.1) is 22.8 Å². The number of pyridine rings is 2. The molecule has 6 aromatic rings. The summed E-state index contributed by atoms with van der Waals surface area (Å²) in [6, 6.07) is 41.7. The highest BCUT2D eigenvalue weighted by atomic mass is 16.5. The molecule has 0 aliphatic carbocycles. The highest BCUT2D eigenvalue weighted by molar-refractivity contribution is 5.84. The fourth-order valence-corrected chi connectivity index (χ4v) is 6.22. The third kappa shape index (κ3) is 4.89. The van der Waals surface area contributed by atoms with Gasteiger partial charge in [-0.15, -0.1) is 0 Å². The lowest BCUT2D eigenvalue weighted by molar-refractivity contribution is 0.446. The van der Waals surface area contributed by atoms with E-state index in [1.807, 2.05) is 36.4 Å². The van der Waals surface area contributed by atoms with E-state index in [2.05, 4.69) is 95.6 Å². The molecule has 2 aliphatic rings. The first-order valence-electron chi connectivity index (χ1n) is 14.8. The average Bonchev–Trinajstić information content (AvgIpc) is 3.37. The van der Waals surface area contributed by atoms with Gasteiger partial charge in [-0.3, -0.25) is 0 Å². The molecule has 2 N–H and O–H groups in total. The van der Waals surface area contributed by atoms with Crippen LogP contribution < -0.4 is 15.4 Å². The second kappa shape index (κ2) is 10.8. The molecular weight excluding hydrogens is 528 g/mol. The summed E-state index contributed by atoms with van der Waals surface area (Å²) in [6.45, 7) is 0. The smallest absolute Gasteiger partial charge is 0.221 e.